The lowest BCUT2D eigenvalue weighted by atomic mass is 10.1. The topological polar surface area (TPSA) is 55.6 Å². The average Bonchev–Trinajstić information content (AvgIpc) is 3.14. The summed E-state index contributed by atoms with van der Waals surface area (Å²) in [7, 11) is 0. The first kappa shape index (κ1) is 21.7. The molecular weight excluding hydrogens is 422 g/mol. The van der Waals surface area contributed by atoms with Gasteiger partial charge in [-0.3, -0.25) is 4.79 Å². The number of nitrogens with one attached hydrogen (secondary N) is 1. The van der Waals surface area contributed by atoms with E-state index in [1.165, 1.54) is 5.56 Å². The third-order valence-electron chi connectivity index (χ3n) is 5.19. The number of carbonyl (C=O) groups is 1. The summed E-state index contributed by atoms with van der Waals surface area (Å²) in [6.07, 6.45) is 3.71. The highest BCUT2D eigenvalue weighted by molar-refractivity contribution is 6.32. The first-order valence-corrected chi connectivity index (χ1v) is 10.7. The van der Waals surface area contributed by atoms with Crippen molar-refractivity contribution >= 4 is 34.6 Å². The van der Waals surface area contributed by atoms with Crippen LogP contribution in [-0.2, 0) is 11.3 Å². The van der Waals surface area contributed by atoms with Crippen molar-refractivity contribution in [2.45, 2.75) is 20.4 Å². The molecule has 0 fully saturated rings. The molecule has 4 aromatic rings. The number of halogens is 1. The fourth-order valence-corrected chi connectivity index (χ4v) is 3.74. The second-order valence-electron chi connectivity index (χ2n) is 7.67. The molecule has 0 aliphatic carbocycles. The average molecular weight is 446 g/mol. The van der Waals surface area contributed by atoms with E-state index in [0.717, 1.165) is 34.1 Å². The zero-order valence-electron chi connectivity index (χ0n) is 18.0. The van der Waals surface area contributed by atoms with E-state index in [2.05, 4.69) is 33.3 Å². The van der Waals surface area contributed by atoms with Gasteiger partial charge in [0, 0.05) is 34.2 Å². The maximum atomic E-state index is 12.2. The van der Waals surface area contributed by atoms with Crippen LogP contribution in [0.3, 0.4) is 0 Å². The van der Waals surface area contributed by atoms with Crippen molar-refractivity contribution < 1.29 is 9.53 Å². The second-order valence-corrected chi connectivity index (χ2v) is 8.05. The minimum absolute atomic E-state index is 0.131. The summed E-state index contributed by atoms with van der Waals surface area (Å²) >= 11 is 6.17. The molecular formula is C26H24ClN3O2. The molecule has 162 valence electrons. The van der Waals surface area contributed by atoms with Crippen LogP contribution in [0.1, 0.15) is 22.3 Å². The molecule has 1 amide bonds. The molecule has 0 aliphatic heterocycles. The van der Waals surface area contributed by atoms with E-state index >= 15 is 0 Å². The fourth-order valence-electron chi connectivity index (χ4n) is 3.63. The van der Waals surface area contributed by atoms with Gasteiger partial charge in [-0.05, 0) is 48.7 Å². The van der Waals surface area contributed by atoms with Crippen molar-refractivity contribution in [3.63, 3.8) is 0 Å². The third-order valence-corrected chi connectivity index (χ3v) is 5.78. The summed E-state index contributed by atoms with van der Waals surface area (Å²) in [5.41, 5.74) is 7.62. The number of benzene rings is 3. The summed E-state index contributed by atoms with van der Waals surface area (Å²) in [5.74, 6) is 0.270. The van der Waals surface area contributed by atoms with E-state index in [9.17, 15) is 4.79 Å². The van der Waals surface area contributed by atoms with Crippen molar-refractivity contribution in [3.05, 3.63) is 100 Å². The molecule has 0 bridgehead atoms. The second kappa shape index (κ2) is 9.71. The minimum atomic E-state index is -0.334. The lowest BCUT2D eigenvalue weighted by Gasteiger charge is -2.09. The van der Waals surface area contributed by atoms with Crippen molar-refractivity contribution in [1.29, 1.82) is 0 Å². The van der Waals surface area contributed by atoms with Gasteiger partial charge in [0.2, 0.25) is 0 Å². The molecule has 0 saturated carbocycles. The Morgan fingerprint density at radius 3 is 2.50 bits per heavy atom. The first-order chi connectivity index (χ1) is 15.5. The van der Waals surface area contributed by atoms with Gasteiger partial charge in [0.15, 0.2) is 6.61 Å². The Morgan fingerprint density at radius 1 is 1.06 bits per heavy atom. The molecule has 4 rings (SSSR count). The monoisotopic (exact) mass is 445 g/mol. The quantitative estimate of drug-likeness (QED) is 0.302. The van der Waals surface area contributed by atoms with Crippen LogP contribution in [0.25, 0.3) is 10.9 Å². The van der Waals surface area contributed by atoms with E-state index in [-0.39, 0.29) is 12.5 Å². The molecule has 5 nitrogen and oxygen atoms in total. The summed E-state index contributed by atoms with van der Waals surface area (Å²) in [6, 6.07) is 22.1. The lowest BCUT2D eigenvalue weighted by Crippen LogP contribution is -2.24. The van der Waals surface area contributed by atoms with E-state index < -0.39 is 0 Å². The number of hydrogen-bond donors (Lipinski definition) is 1. The van der Waals surface area contributed by atoms with Crippen molar-refractivity contribution in [2.75, 3.05) is 6.61 Å². The number of hydrogen-bond acceptors (Lipinski definition) is 3. The van der Waals surface area contributed by atoms with Crippen LogP contribution < -0.4 is 10.2 Å². The number of nitrogens with zero attached hydrogens (tertiary/aromatic N) is 2. The maximum Gasteiger partial charge on any atom is 0.277 e. The van der Waals surface area contributed by atoms with Gasteiger partial charge in [0.25, 0.3) is 5.91 Å². The SMILES string of the molecule is Cc1cc(OCC(=O)NN=Cc2cn(Cc3ccccc3)c3ccccc23)cc(C)c1Cl. The van der Waals surface area contributed by atoms with Crippen LogP contribution in [0.2, 0.25) is 5.02 Å². The Hall–Kier alpha value is -3.57. The number of ether oxygens (including phenoxy) is 1. The largest absolute Gasteiger partial charge is 0.484 e. The standard InChI is InChI=1S/C26H24ClN3O2/c1-18-12-22(13-19(2)26(18)27)32-17-25(31)29-28-14-21-16-30(15-20-8-4-3-5-9-20)24-11-7-6-10-23(21)24/h3-14,16H,15,17H2,1-2H3,(H,29,31). The van der Waals surface area contributed by atoms with Gasteiger partial charge in [0.05, 0.1) is 6.21 Å². The van der Waals surface area contributed by atoms with E-state index in [1.54, 1.807) is 6.21 Å². The molecule has 0 aliphatic rings. The van der Waals surface area contributed by atoms with Gasteiger partial charge in [-0.25, -0.2) is 5.43 Å². The number of amides is 1. The number of carbonyl (C=O) groups excluding carboxylic acids is 1. The number of aryl methyl sites for hydroxylation is 2. The van der Waals surface area contributed by atoms with Gasteiger partial charge in [-0.2, -0.15) is 5.10 Å². The third kappa shape index (κ3) is 5.01. The minimum Gasteiger partial charge on any atom is -0.484 e. The van der Waals surface area contributed by atoms with E-state index in [1.807, 2.05) is 68.6 Å². The molecule has 0 spiro atoms. The summed E-state index contributed by atoms with van der Waals surface area (Å²) in [6.45, 7) is 4.44. The Balaban J connectivity index is 1.42. The van der Waals surface area contributed by atoms with Crippen molar-refractivity contribution in [3.8, 4) is 5.75 Å². The number of fused-ring (bicyclic) bond motifs is 1. The van der Waals surface area contributed by atoms with Crippen LogP contribution >= 0.6 is 11.6 Å². The highest BCUT2D eigenvalue weighted by atomic mass is 35.5. The van der Waals surface area contributed by atoms with Gasteiger partial charge in [0.1, 0.15) is 5.75 Å². The maximum absolute atomic E-state index is 12.2. The predicted molar refractivity (Wildman–Crippen MR) is 130 cm³/mol. The van der Waals surface area contributed by atoms with Crippen molar-refractivity contribution in [2.24, 2.45) is 5.10 Å². The number of para-hydroxylation sites is 1. The summed E-state index contributed by atoms with van der Waals surface area (Å²) in [5, 5.41) is 5.91. The Bertz CT molecular complexity index is 1260. The molecule has 1 aromatic heterocycles. The molecule has 0 saturated heterocycles. The molecule has 1 heterocycles. The van der Waals surface area contributed by atoms with Crippen LogP contribution in [0.4, 0.5) is 0 Å². The molecule has 32 heavy (non-hydrogen) atoms. The number of aromatic nitrogens is 1. The zero-order valence-corrected chi connectivity index (χ0v) is 18.8. The predicted octanol–water partition coefficient (Wildman–Crippen LogP) is 5.49. The van der Waals surface area contributed by atoms with E-state index in [4.69, 9.17) is 16.3 Å². The van der Waals surface area contributed by atoms with Gasteiger partial charge in [-0.1, -0.05) is 60.1 Å². The highest BCUT2D eigenvalue weighted by Crippen LogP contribution is 2.26. The van der Waals surface area contributed by atoms with Crippen LogP contribution in [0.15, 0.2) is 78.0 Å². The fraction of sp³-hybridized carbons (Fsp3) is 0.154. The number of hydrazone groups is 1. The lowest BCUT2D eigenvalue weighted by molar-refractivity contribution is -0.123. The van der Waals surface area contributed by atoms with Gasteiger partial charge in [-0.15, -0.1) is 0 Å². The Kier molecular flexibility index (Phi) is 6.57. The van der Waals surface area contributed by atoms with Crippen molar-refractivity contribution in [1.82, 2.24) is 9.99 Å². The highest BCUT2D eigenvalue weighted by Gasteiger charge is 2.08. The Labute approximate surface area is 192 Å². The first-order valence-electron chi connectivity index (χ1n) is 10.3. The normalized spacial score (nSPS) is 11.2. The molecule has 0 radical (unpaired) electrons. The van der Waals surface area contributed by atoms with Crippen LogP contribution in [0.5, 0.6) is 5.75 Å². The molecule has 3 aromatic carbocycles. The number of rotatable bonds is 7. The molecule has 6 heteroatoms. The van der Waals surface area contributed by atoms with Crippen LogP contribution in [0, 0.1) is 13.8 Å². The van der Waals surface area contributed by atoms with Gasteiger partial charge < -0.3 is 9.30 Å². The van der Waals surface area contributed by atoms with Gasteiger partial charge >= 0.3 is 0 Å². The van der Waals surface area contributed by atoms with Crippen LogP contribution in [-0.4, -0.2) is 23.3 Å². The summed E-state index contributed by atoms with van der Waals surface area (Å²) in [4.78, 5) is 12.2. The smallest absolute Gasteiger partial charge is 0.277 e. The zero-order chi connectivity index (χ0) is 22.5. The Morgan fingerprint density at radius 2 is 1.75 bits per heavy atom. The molecule has 1 N–H and O–H groups in total. The molecule has 0 atom stereocenters. The summed E-state index contributed by atoms with van der Waals surface area (Å²) < 4.78 is 7.76. The molecule has 0 unspecified atom stereocenters. The van der Waals surface area contributed by atoms with E-state index in [0.29, 0.717) is 10.8 Å².